The Balaban J connectivity index is 2.40. The summed E-state index contributed by atoms with van der Waals surface area (Å²) in [7, 11) is 0. The highest BCUT2D eigenvalue weighted by Gasteiger charge is 2.24. The molecule has 5 heteroatoms. The quantitative estimate of drug-likeness (QED) is 0.648. The van der Waals surface area contributed by atoms with Crippen molar-refractivity contribution >= 4 is 35.1 Å². The van der Waals surface area contributed by atoms with Gasteiger partial charge in [-0.25, -0.2) is 4.98 Å². The van der Waals surface area contributed by atoms with Crippen LogP contribution in [0.25, 0.3) is 0 Å². The molecular weight excluding hydrogens is 196 g/mol. The molecule has 1 unspecified atom stereocenters. The topological polar surface area (TPSA) is 42.0 Å². The molecule has 1 aliphatic heterocycles. The van der Waals surface area contributed by atoms with Crippen LogP contribution in [0.4, 0.5) is 5.82 Å². The number of amides is 1. The van der Waals surface area contributed by atoms with Gasteiger partial charge in [-0.3, -0.25) is 4.79 Å². The van der Waals surface area contributed by atoms with Gasteiger partial charge >= 0.3 is 0 Å². The molecule has 0 saturated heterocycles. The molecule has 0 spiro atoms. The molecule has 62 valence electrons. The number of nitrogens with zero attached hydrogens (tertiary/aromatic N) is 1. The van der Waals surface area contributed by atoms with E-state index in [4.69, 9.17) is 11.6 Å². The number of carbonyl (C=O) groups is 1. The average Bonchev–Trinajstić information content (AvgIpc) is 2.07. The van der Waals surface area contributed by atoms with Crippen LogP contribution in [0.3, 0.4) is 0 Å². The van der Waals surface area contributed by atoms with Gasteiger partial charge < -0.3 is 5.32 Å². The minimum absolute atomic E-state index is 0.201. The van der Waals surface area contributed by atoms with Crippen molar-refractivity contribution in [3.05, 3.63) is 18.3 Å². The number of halogens is 1. The first-order valence-corrected chi connectivity index (χ1v) is 4.65. The molecule has 3 nitrogen and oxygen atoms in total. The summed E-state index contributed by atoms with van der Waals surface area (Å²) in [6, 6.07) is 3.69. The molecule has 1 aliphatic rings. The Morgan fingerprint density at radius 2 is 2.50 bits per heavy atom. The van der Waals surface area contributed by atoms with Gasteiger partial charge in [0.15, 0.2) is 4.71 Å². The van der Waals surface area contributed by atoms with E-state index in [1.165, 1.54) is 11.8 Å². The van der Waals surface area contributed by atoms with E-state index in [2.05, 4.69) is 10.3 Å². The highest BCUT2D eigenvalue weighted by molar-refractivity contribution is 8.02. The number of fused-ring (bicyclic) bond motifs is 1. The summed E-state index contributed by atoms with van der Waals surface area (Å²) in [5, 5.41) is 2.61. The summed E-state index contributed by atoms with van der Waals surface area (Å²) < 4.78 is -0.540. The van der Waals surface area contributed by atoms with E-state index in [1.807, 2.05) is 12.1 Å². The third kappa shape index (κ3) is 1.28. The minimum Gasteiger partial charge on any atom is -0.308 e. The van der Waals surface area contributed by atoms with Gasteiger partial charge in [0, 0.05) is 6.20 Å². The van der Waals surface area contributed by atoms with E-state index in [1.54, 1.807) is 6.20 Å². The molecule has 12 heavy (non-hydrogen) atoms. The van der Waals surface area contributed by atoms with Gasteiger partial charge in [0.25, 0.3) is 5.91 Å². The zero-order chi connectivity index (χ0) is 8.55. The maximum atomic E-state index is 11.1. The van der Waals surface area contributed by atoms with E-state index >= 15 is 0 Å². The fraction of sp³-hybridized carbons (Fsp3) is 0.143. The molecule has 0 aliphatic carbocycles. The number of carbonyl (C=O) groups excluding carboxylic acids is 1. The van der Waals surface area contributed by atoms with Crippen molar-refractivity contribution < 1.29 is 4.79 Å². The van der Waals surface area contributed by atoms with Gasteiger partial charge in [-0.05, 0) is 12.1 Å². The molecule has 0 radical (unpaired) electrons. The van der Waals surface area contributed by atoms with Crippen molar-refractivity contribution in [3.8, 4) is 0 Å². The second-order valence-electron chi connectivity index (χ2n) is 2.27. The molecule has 2 heterocycles. The Morgan fingerprint density at radius 1 is 1.67 bits per heavy atom. The van der Waals surface area contributed by atoms with Gasteiger partial charge in [-0.1, -0.05) is 23.4 Å². The van der Waals surface area contributed by atoms with Crippen LogP contribution < -0.4 is 5.32 Å². The Morgan fingerprint density at radius 3 is 3.33 bits per heavy atom. The standard InChI is InChI=1S/C7H5ClN2OS/c8-5-7(11)10-6-4(12-5)2-1-3-9-6/h1-3,5H,(H,9,10,11). The third-order valence-electron chi connectivity index (χ3n) is 1.45. The van der Waals surface area contributed by atoms with Crippen LogP contribution in [0.2, 0.25) is 0 Å². The van der Waals surface area contributed by atoms with Gasteiger partial charge in [0.2, 0.25) is 0 Å². The summed E-state index contributed by atoms with van der Waals surface area (Å²) in [6.07, 6.45) is 1.63. The van der Waals surface area contributed by atoms with E-state index in [-0.39, 0.29) is 5.91 Å². The number of anilines is 1. The molecule has 1 N–H and O–H groups in total. The summed E-state index contributed by atoms with van der Waals surface area (Å²) in [5.74, 6) is 0.400. The van der Waals surface area contributed by atoms with Crippen molar-refractivity contribution in [2.24, 2.45) is 0 Å². The number of rotatable bonds is 0. The number of hydrogen-bond acceptors (Lipinski definition) is 3. The van der Waals surface area contributed by atoms with Crippen molar-refractivity contribution in [2.45, 2.75) is 9.60 Å². The van der Waals surface area contributed by atoms with Crippen LogP contribution >= 0.6 is 23.4 Å². The molecule has 0 bridgehead atoms. The Hall–Kier alpha value is -0.740. The summed E-state index contributed by atoms with van der Waals surface area (Å²) >= 11 is 7.03. The second-order valence-corrected chi connectivity index (χ2v) is 4.12. The van der Waals surface area contributed by atoms with Crippen LogP contribution in [-0.2, 0) is 4.79 Å². The fourth-order valence-electron chi connectivity index (χ4n) is 0.918. The lowest BCUT2D eigenvalue weighted by molar-refractivity contribution is -0.114. The van der Waals surface area contributed by atoms with Crippen LogP contribution in [0.15, 0.2) is 23.2 Å². The summed E-state index contributed by atoms with van der Waals surface area (Å²) in [6.45, 7) is 0. The maximum absolute atomic E-state index is 11.1. The first-order chi connectivity index (χ1) is 5.77. The van der Waals surface area contributed by atoms with Gasteiger partial charge in [-0.2, -0.15) is 0 Å². The summed E-state index contributed by atoms with van der Waals surface area (Å²) in [4.78, 5) is 16.0. The van der Waals surface area contributed by atoms with Crippen LogP contribution in [-0.4, -0.2) is 15.6 Å². The average molecular weight is 201 g/mol. The largest absolute Gasteiger partial charge is 0.308 e. The Kier molecular flexibility index (Phi) is 1.94. The molecule has 1 amide bonds. The minimum atomic E-state index is -0.540. The lowest BCUT2D eigenvalue weighted by atomic mass is 10.4. The molecule has 1 atom stereocenters. The predicted octanol–water partition coefficient (Wildman–Crippen LogP) is 1.69. The van der Waals surface area contributed by atoms with E-state index in [0.29, 0.717) is 5.82 Å². The molecular formula is C7H5ClN2OS. The lowest BCUT2D eigenvalue weighted by Crippen LogP contribution is -2.25. The number of thioether (sulfide) groups is 1. The highest BCUT2D eigenvalue weighted by Crippen LogP contribution is 2.35. The van der Waals surface area contributed by atoms with Crippen molar-refractivity contribution in [3.63, 3.8) is 0 Å². The van der Waals surface area contributed by atoms with Crippen molar-refractivity contribution in [1.29, 1.82) is 0 Å². The smallest absolute Gasteiger partial charge is 0.254 e. The molecule has 0 aromatic carbocycles. The normalized spacial score (nSPS) is 21.4. The zero-order valence-corrected chi connectivity index (χ0v) is 7.52. The lowest BCUT2D eigenvalue weighted by Gasteiger charge is -2.17. The first-order valence-electron chi connectivity index (χ1n) is 3.34. The van der Waals surface area contributed by atoms with E-state index in [9.17, 15) is 4.79 Å². The number of aromatic nitrogens is 1. The van der Waals surface area contributed by atoms with Crippen molar-refractivity contribution in [1.82, 2.24) is 4.98 Å². The highest BCUT2D eigenvalue weighted by atomic mass is 35.5. The Bertz CT molecular complexity index is 331. The molecule has 0 fully saturated rings. The van der Waals surface area contributed by atoms with E-state index < -0.39 is 4.71 Å². The number of nitrogens with one attached hydrogen (secondary N) is 1. The molecule has 1 aromatic rings. The first kappa shape index (κ1) is 7.89. The molecule has 0 saturated carbocycles. The monoisotopic (exact) mass is 200 g/mol. The second kappa shape index (κ2) is 2.95. The van der Waals surface area contributed by atoms with E-state index in [0.717, 1.165) is 4.90 Å². The van der Waals surface area contributed by atoms with Crippen LogP contribution in [0.5, 0.6) is 0 Å². The van der Waals surface area contributed by atoms with Gasteiger partial charge in [0.05, 0.1) is 4.90 Å². The number of hydrogen-bond donors (Lipinski definition) is 1. The molecule has 1 aromatic heterocycles. The maximum Gasteiger partial charge on any atom is 0.254 e. The Labute approximate surface area is 78.5 Å². The summed E-state index contributed by atoms with van der Waals surface area (Å²) in [5.41, 5.74) is 0. The predicted molar refractivity (Wildman–Crippen MR) is 48.4 cm³/mol. The number of pyridine rings is 1. The zero-order valence-electron chi connectivity index (χ0n) is 5.95. The van der Waals surface area contributed by atoms with Gasteiger partial charge in [-0.15, -0.1) is 0 Å². The van der Waals surface area contributed by atoms with Gasteiger partial charge in [0.1, 0.15) is 5.82 Å². The third-order valence-corrected chi connectivity index (χ3v) is 2.92. The van der Waals surface area contributed by atoms with Crippen LogP contribution in [0.1, 0.15) is 0 Å². The number of alkyl halides is 1. The molecule has 2 rings (SSSR count). The fourth-order valence-corrected chi connectivity index (χ4v) is 2.02. The van der Waals surface area contributed by atoms with Crippen LogP contribution in [0, 0.1) is 0 Å². The van der Waals surface area contributed by atoms with Crippen molar-refractivity contribution in [2.75, 3.05) is 5.32 Å². The SMILES string of the molecule is O=C1Nc2ncccc2SC1Cl.